The van der Waals surface area contributed by atoms with Crippen molar-refractivity contribution in [1.29, 1.82) is 0 Å². The summed E-state index contributed by atoms with van der Waals surface area (Å²) in [6.45, 7) is 4.63. The molecule has 0 bridgehead atoms. The van der Waals surface area contributed by atoms with Crippen LogP contribution >= 0.6 is 0 Å². The van der Waals surface area contributed by atoms with Crippen LogP contribution in [0.25, 0.3) is 0 Å². The van der Waals surface area contributed by atoms with Crippen LogP contribution in [-0.2, 0) is 4.74 Å². The molecule has 0 saturated carbocycles. The number of alkyl halides is 1. The third-order valence-corrected chi connectivity index (χ3v) is 3.10. The monoisotopic (exact) mass is 200 g/mol. The topological polar surface area (TPSA) is 9.23 Å². The largest absolute Gasteiger partial charge is 0.384 e. The van der Waals surface area contributed by atoms with Gasteiger partial charge in [0, 0.05) is 12.5 Å². The Morgan fingerprint density at radius 3 is 2.79 bits per heavy atom. The molecule has 0 saturated heterocycles. The Kier molecular flexibility index (Phi) is 4.11. The fourth-order valence-corrected chi connectivity index (χ4v) is 2.33. The molecule has 0 N–H and O–H groups in total. The predicted octanol–water partition coefficient (Wildman–Crippen LogP) is 3.50. The summed E-state index contributed by atoms with van der Waals surface area (Å²) in [5.74, 6) is 0. The van der Waals surface area contributed by atoms with Crippen molar-refractivity contribution in [3.63, 3.8) is 0 Å². The van der Waals surface area contributed by atoms with Crippen molar-refractivity contribution in [3.05, 3.63) is 11.6 Å². The van der Waals surface area contributed by atoms with E-state index >= 15 is 0 Å². The summed E-state index contributed by atoms with van der Waals surface area (Å²) >= 11 is 0. The number of ether oxygens (including phenoxy) is 1. The lowest BCUT2D eigenvalue weighted by molar-refractivity contribution is 0.0427. The van der Waals surface area contributed by atoms with E-state index in [1.54, 1.807) is 7.11 Å². The van der Waals surface area contributed by atoms with Crippen LogP contribution in [0.2, 0.25) is 0 Å². The van der Waals surface area contributed by atoms with Gasteiger partial charge in [-0.25, -0.2) is 4.39 Å². The molecule has 0 amide bonds. The maximum absolute atomic E-state index is 14.0. The molecule has 0 aliphatic heterocycles. The van der Waals surface area contributed by atoms with Crippen LogP contribution < -0.4 is 0 Å². The summed E-state index contributed by atoms with van der Waals surface area (Å²) in [4.78, 5) is 0. The second kappa shape index (κ2) is 4.92. The summed E-state index contributed by atoms with van der Waals surface area (Å²) in [5.41, 5.74) is 0.982. The highest BCUT2D eigenvalue weighted by molar-refractivity contribution is 5.17. The summed E-state index contributed by atoms with van der Waals surface area (Å²) in [6, 6.07) is 0. The highest BCUT2D eigenvalue weighted by Gasteiger charge is 2.39. The summed E-state index contributed by atoms with van der Waals surface area (Å²) in [6.07, 6.45) is 4.83. The number of allylic oxidation sites excluding steroid dienone is 1. The molecule has 2 atom stereocenters. The van der Waals surface area contributed by atoms with Gasteiger partial charge in [-0.3, -0.25) is 0 Å². The van der Waals surface area contributed by atoms with E-state index in [1.165, 1.54) is 5.57 Å². The van der Waals surface area contributed by atoms with Gasteiger partial charge in [-0.2, -0.15) is 0 Å². The number of methoxy groups -OCH3 is 1. The first-order valence-corrected chi connectivity index (χ1v) is 5.46. The molecule has 0 aromatic carbocycles. The quantitative estimate of drug-likeness (QED) is 0.617. The van der Waals surface area contributed by atoms with Gasteiger partial charge in [-0.05, 0) is 26.2 Å². The Morgan fingerprint density at radius 2 is 2.36 bits per heavy atom. The number of rotatable bonds is 5. The van der Waals surface area contributed by atoms with Gasteiger partial charge in [0.25, 0.3) is 0 Å². The van der Waals surface area contributed by atoms with Crippen molar-refractivity contribution >= 4 is 0 Å². The van der Waals surface area contributed by atoms with E-state index in [0.29, 0.717) is 13.0 Å². The van der Waals surface area contributed by atoms with Crippen molar-refractivity contribution < 1.29 is 9.13 Å². The first-order valence-electron chi connectivity index (χ1n) is 5.46. The molecule has 1 aliphatic rings. The van der Waals surface area contributed by atoms with Gasteiger partial charge in [-0.15, -0.1) is 0 Å². The van der Waals surface area contributed by atoms with Gasteiger partial charge in [0.2, 0.25) is 0 Å². The normalized spacial score (nSPS) is 29.0. The lowest BCUT2D eigenvalue weighted by Gasteiger charge is -2.30. The number of halogens is 1. The highest BCUT2D eigenvalue weighted by Crippen LogP contribution is 2.42. The lowest BCUT2D eigenvalue weighted by atomic mass is 9.81. The third-order valence-electron chi connectivity index (χ3n) is 3.10. The van der Waals surface area contributed by atoms with E-state index in [-0.39, 0.29) is 5.41 Å². The molecule has 82 valence electrons. The molecule has 1 nitrogen and oxygen atoms in total. The van der Waals surface area contributed by atoms with Crippen LogP contribution in [0.3, 0.4) is 0 Å². The van der Waals surface area contributed by atoms with E-state index in [1.807, 2.05) is 6.92 Å². The van der Waals surface area contributed by atoms with Gasteiger partial charge >= 0.3 is 0 Å². The molecule has 14 heavy (non-hydrogen) atoms. The molecule has 0 radical (unpaired) electrons. The molecule has 0 heterocycles. The smallest absolute Gasteiger partial charge is 0.111 e. The van der Waals surface area contributed by atoms with Crippen molar-refractivity contribution in [2.45, 2.75) is 45.7 Å². The summed E-state index contributed by atoms with van der Waals surface area (Å²) in [5, 5.41) is 0. The van der Waals surface area contributed by atoms with Crippen molar-refractivity contribution in [3.8, 4) is 0 Å². The Morgan fingerprint density at radius 1 is 1.64 bits per heavy atom. The molecular weight excluding hydrogens is 179 g/mol. The van der Waals surface area contributed by atoms with E-state index < -0.39 is 6.17 Å². The van der Waals surface area contributed by atoms with E-state index in [4.69, 9.17) is 4.74 Å². The average molecular weight is 200 g/mol. The van der Waals surface area contributed by atoms with Crippen LogP contribution in [0.4, 0.5) is 4.39 Å². The summed E-state index contributed by atoms with van der Waals surface area (Å²) < 4.78 is 19.2. The maximum atomic E-state index is 14.0. The SMILES string of the molecule is CCC[C@H](F)[C@]1(COC)C=C(C)CC1. The fraction of sp³-hybridized carbons (Fsp3) is 0.833. The molecular formula is C12H21FO. The molecule has 0 spiro atoms. The lowest BCUT2D eigenvalue weighted by Crippen LogP contribution is -2.33. The van der Waals surface area contributed by atoms with E-state index in [9.17, 15) is 4.39 Å². The molecule has 0 aromatic rings. The van der Waals surface area contributed by atoms with Crippen LogP contribution in [0, 0.1) is 5.41 Å². The van der Waals surface area contributed by atoms with Crippen LogP contribution in [0.15, 0.2) is 11.6 Å². The first-order chi connectivity index (χ1) is 6.64. The molecule has 1 aliphatic carbocycles. The Hall–Kier alpha value is -0.370. The van der Waals surface area contributed by atoms with E-state index in [0.717, 1.165) is 19.3 Å². The van der Waals surface area contributed by atoms with Gasteiger partial charge in [0.05, 0.1) is 6.61 Å². The molecule has 1 rings (SSSR count). The van der Waals surface area contributed by atoms with Crippen molar-refractivity contribution in [1.82, 2.24) is 0 Å². The van der Waals surface area contributed by atoms with Crippen LogP contribution in [0.1, 0.15) is 39.5 Å². The predicted molar refractivity (Wildman–Crippen MR) is 57.1 cm³/mol. The minimum absolute atomic E-state index is 0.325. The molecule has 0 fully saturated rings. The van der Waals surface area contributed by atoms with Gasteiger partial charge in [-0.1, -0.05) is 25.0 Å². The van der Waals surface area contributed by atoms with Gasteiger partial charge in [0.1, 0.15) is 6.17 Å². The third kappa shape index (κ3) is 2.35. The Bertz CT molecular complexity index is 212. The van der Waals surface area contributed by atoms with Crippen molar-refractivity contribution in [2.75, 3.05) is 13.7 Å². The minimum Gasteiger partial charge on any atom is -0.384 e. The fourth-order valence-electron chi connectivity index (χ4n) is 2.33. The molecule has 0 unspecified atom stereocenters. The maximum Gasteiger partial charge on any atom is 0.111 e. The second-order valence-corrected chi connectivity index (χ2v) is 4.41. The highest BCUT2D eigenvalue weighted by atomic mass is 19.1. The summed E-state index contributed by atoms with van der Waals surface area (Å²) in [7, 11) is 1.65. The standard InChI is InChI=1S/C12H21FO/c1-4-5-11(13)12(9-14-3)7-6-10(2)8-12/h8,11H,4-7,9H2,1-3H3/t11-,12-/m0/s1. The minimum atomic E-state index is -0.745. The zero-order valence-electron chi connectivity index (χ0n) is 9.48. The van der Waals surface area contributed by atoms with E-state index in [2.05, 4.69) is 13.0 Å². The zero-order valence-corrected chi connectivity index (χ0v) is 9.48. The first kappa shape index (κ1) is 11.7. The van der Waals surface area contributed by atoms with Gasteiger partial charge < -0.3 is 4.74 Å². The zero-order chi connectivity index (χ0) is 10.6. The Labute approximate surface area is 86.3 Å². The van der Waals surface area contributed by atoms with Gasteiger partial charge in [0.15, 0.2) is 0 Å². The average Bonchev–Trinajstić information content (AvgIpc) is 2.50. The van der Waals surface area contributed by atoms with Crippen LogP contribution in [-0.4, -0.2) is 19.9 Å². The van der Waals surface area contributed by atoms with Crippen LogP contribution in [0.5, 0.6) is 0 Å². The second-order valence-electron chi connectivity index (χ2n) is 4.41. The number of hydrogen-bond acceptors (Lipinski definition) is 1. The van der Waals surface area contributed by atoms with Crippen molar-refractivity contribution in [2.24, 2.45) is 5.41 Å². The Balaban J connectivity index is 2.72. The number of hydrogen-bond donors (Lipinski definition) is 0. The molecule has 0 aromatic heterocycles. The molecule has 2 heteroatoms.